The maximum Gasteiger partial charge on any atom is 0.254 e. The predicted molar refractivity (Wildman–Crippen MR) is 92.8 cm³/mol. The van der Waals surface area contributed by atoms with Crippen LogP contribution in [0.2, 0.25) is 0 Å². The molecule has 3 aromatic rings. The first-order valence-corrected chi connectivity index (χ1v) is 8.49. The van der Waals surface area contributed by atoms with Crippen LogP contribution in [-0.2, 0) is 4.74 Å². The summed E-state index contributed by atoms with van der Waals surface area (Å²) in [4.78, 5) is 18.5. The van der Waals surface area contributed by atoms with E-state index in [1.54, 1.807) is 10.7 Å². The summed E-state index contributed by atoms with van der Waals surface area (Å²) in [7, 11) is 0. The van der Waals surface area contributed by atoms with E-state index < -0.39 is 0 Å². The molecule has 0 N–H and O–H groups in total. The number of carbonyl (C=O) groups excluding carboxylic acids is 1. The third-order valence-corrected chi connectivity index (χ3v) is 4.59. The molecule has 7 heteroatoms. The second kappa shape index (κ2) is 6.33. The van der Waals surface area contributed by atoms with E-state index >= 15 is 0 Å². The minimum atomic E-state index is 0.0469. The average Bonchev–Trinajstić information content (AvgIpc) is 3.02. The highest BCUT2D eigenvalue weighted by molar-refractivity contribution is 9.10. The molecular weight excluding hydrogens is 372 g/mol. The minimum absolute atomic E-state index is 0.0469. The number of ether oxygens (including phenoxy) is 1. The van der Waals surface area contributed by atoms with Gasteiger partial charge in [0.2, 0.25) is 0 Å². The van der Waals surface area contributed by atoms with Gasteiger partial charge in [0.05, 0.1) is 25.1 Å². The van der Waals surface area contributed by atoms with Crippen molar-refractivity contribution in [2.45, 2.75) is 0 Å². The number of aromatic nitrogens is 3. The zero-order chi connectivity index (χ0) is 16.5. The first-order chi connectivity index (χ1) is 11.7. The zero-order valence-corrected chi connectivity index (χ0v) is 14.4. The van der Waals surface area contributed by atoms with Gasteiger partial charge in [-0.05, 0) is 40.2 Å². The van der Waals surface area contributed by atoms with Crippen LogP contribution in [0.15, 0.2) is 47.2 Å². The lowest BCUT2D eigenvalue weighted by molar-refractivity contribution is 0.0303. The highest BCUT2D eigenvalue weighted by Gasteiger charge is 2.18. The number of rotatable bonds is 2. The van der Waals surface area contributed by atoms with E-state index in [0.29, 0.717) is 31.9 Å². The number of hydrogen-bond acceptors (Lipinski definition) is 4. The molecule has 1 saturated heterocycles. The van der Waals surface area contributed by atoms with Crippen LogP contribution in [0, 0.1) is 0 Å². The molecule has 3 heterocycles. The normalized spacial score (nSPS) is 15.0. The Labute approximate surface area is 147 Å². The third kappa shape index (κ3) is 2.81. The summed E-state index contributed by atoms with van der Waals surface area (Å²) in [6.45, 7) is 2.50. The number of nitrogens with zero attached hydrogens (tertiary/aromatic N) is 4. The number of benzene rings is 1. The Kier molecular flexibility index (Phi) is 4.03. The van der Waals surface area contributed by atoms with E-state index in [4.69, 9.17) is 4.74 Å². The average molecular weight is 387 g/mol. The van der Waals surface area contributed by atoms with Crippen molar-refractivity contribution < 1.29 is 9.53 Å². The standard InChI is InChI=1S/C17H15BrN4O2/c18-15-11-19-16-6-5-14(20-22(15)16)12-1-3-13(4-2-12)17(23)21-7-9-24-10-8-21/h1-6,11H,7-10H2. The topological polar surface area (TPSA) is 59.7 Å². The number of halogens is 1. The minimum Gasteiger partial charge on any atom is -0.378 e. The maximum absolute atomic E-state index is 12.5. The third-order valence-electron chi connectivity index (χ3n) is 4.05. The molecule has 0 bridgehead atoms. The number of fused-ring (bicyclic) bond motifs is 1. The molecule has 1 fully saturated rings. The van der Waals surface area contributed by atoms with E-state index in [9.17, 15) is 4.79 Å². The second-order valence-corrected chi connectivity index (χ2v) is 6.36. The molecule has 6 nitrogen and oxygen atoms in total. The smallest absolute Gasteiger partial charge is 0.254 e. The molecule has 1 aliphatic heterocycles. The van der Waals surface area contributed by atoms with Crippen LogP contribution in [0.4, 0.5) is 0 Å². The van der Waals surface area contributed by atoms with Gasteiger partial charge in [0.25, 0.3) is 5.91 Å². The molecule has 122 valence electrons. The van der Waals surface area contributed by atoms with E-state index in [0.717, 1.165) is 21.5 Å². The van der Waals surface area contributed by atoms with Crippen molar-refractivity contribution in [3.8, 4) is 11.3 Å². The van der Waals surface area contributed by atoms with Crippen LogP contribution in [0.1, 0.15) is 10.4 Å². The molecule has 1 aromatic carbocycles. The Morgan fingerprint density at radius 2 is 1.83 bits per heavy atom. The van der Waals surface area contributed by atoms with E-state index in [1.807, 2.05) is 41.3 Å². The Morgan fingerprint density at radius 3 is 2.58 bits per heavy atom. The van der Waals surface area contributed by atoms with E-state index in [1.165, 1.54) is 0 Å². The lowest BCUT2D eigenvalue weighted by atomic mass is 10.1. The molecule has 0 saturated carbocycles. The zero-order valence-electron chi connectivity index (χ0n) is 12.9. The van der Waals surface area contributed by atoms with Crippen LogP contribution in [-0.4, -0.2) is 51.7 Å². The van der Waals surface area contributed by atoms with Gasteiger partial charge in [-0.2, -0.15) is 5.10 Å². The number of imidazole rings is 1. The summed E-state index contributed by atoms with van der Waals surface area (Å²) in [5.74, 6) is 0.0469. The molecule has 1 aliphatic rings. The van der Waals surface area contributed by atoms with Gasteiger partial charge in [0, 0.05) is 24.2 Å². The van der Waals surface area contributed by atoms with Gasteiger partial charge in [-0.15, -0.1) is 0 Å². The summed E-state index contributed by atoms with van der Waals surface area (Å²) < 4.78 is 7.83. The summed E-state index contributed by atoms with van der Waals surface area (Å²) in [5, 5.41) is 4.56. The first-order valence-electron chi connectivity index (χ1n) is 7.70. The summed E-state index contributed by atoms with van der Waals surface area (Å²) in [5.41, 5.74) is 3.25. The van der Waals surface area contributed by atoms with Gasteiger partial charge in [0.1, 0.15) is 4.60 Å². The number of hydrogen-bond donors (Lipinski definition) is 0. The molecule has 2 aromatic heterocycles. The highest BCUT2D eigenvalue weighted by Crippen LogP contribution is 2.20. The van der Waals surface area contributed by atoms with Gasteiger partial charge in [-0.1, -0.05) is 12.1 Å². The van der Waals surface area contributed by atoms with Gasteiger partial charge in [0.15, 0.2) is 5.65 Å². The van der Waals surface area contributed by atoms with Crippen LogP contribution >= 0.6 is 15.9 Å². The Balaban J connectivity index is 1.60. The summed E-state index contributed by atoms with van der Waals surface area (Å²) in [6, 6.07) is 11.4. The van der Waals surface area contributed by atoms with Gasteiger partial charge < -0.3 is 9.64 Å². The quantitative estimate of drug-likeness (QED) is 0.679. The van der Waals surface area contributed by atoms with Crippen molar-refractivity contribution in [3.63, 3.8) is 0 Å². The van der Waals surface area contributed by atoms with E-state index in [-0.39, 0.29) is 5.91 Å². The van der Waals surface area contributed by atoms with Crippen molar-refractivity contribution in [1.29, 1.82) is 0 Å². The van der Waals surface area contributed by atoms with Crippen LogP contribution in [0.3, 0.4) is 0 Å². The number of amides is 1. The maximum atomic E-state index is 12.5. The summed E-state index contributed by atoms with van der Waals surface area (Å²) in [6.07, 6.45) is 1.72. The molecule has 0 spiro atoms. The monoisotopic (exact) mass is 386 g/mol. The largest absolute Gasteiger partial charge is 0.378 e. The van der Waals surface area contributed by atoms with Crippen molar-refractivity contribution >= 4 is 27.5 Å². The fourth-order valence-electron chi connectivity index (χ4n) is 2.73. The Morgan fingerprint density at radius 1 is 1.08 bits per heavy atom. The summed E-state index contributed by atoms with van der Waals surface area (Å²) >= 11 is 3.43. The fraction of sp³-hybridized carbons (Fsp3) is 0.235. The van der Waals surface area contributed by atoms with Gasteiger partial charge in [-0.25, -0.2) is 9.50 Å². The molecule has 0 radical (unpaired) electrons. The van der Waals surface area contributed by atoms with Gasteiger partial charge >= 0.3 is 0 Å². The molecule has 4 rings (SSSR count). The van der Waals surface area contributed by atoms with E-state index in [2.05, 4.69) is 26.0 Å². The van der Waals surface area contributed by atoms with Crippen LogP contribution in [0.5, 0.6) is 0 Å². The molecule has 24 heavy (non-hydrogen) atoms. The Hall–Kier alpha value is -2.25. The molecule has 0 unspecified atom stereocenters. The molecule has 0 aliphatic carbocycles. The predicted octanol–water partition coefficient (Wildman–Crippen LogP) is 2.63. The van der Waals surface area contributed by atoms with Crippen molar-refractivity contribution in [3.05, 3.63) is 52.8 Å². The molecule has 1 amide bonds. The second-order valence-electron chi connectivity index (χ2n) is 5.55. The highest BCUT2D eigenvalue weighted by atomic mass is 79.9. The fourth-order valence-corrected chi connectivity index (χ4v) is 3.10. The van der Waals surface area contributed by atoms with Crippen LogP contribution in [0.25, 0.3) is 16.9 Å². The first kappa shape index (κ1) is 15.3. The lowest BCUT2D eigenvalue weighted by Crippen LogP contribution is -2.40. The van der Waals surface area contributed by atoms with Gasteiger partial charge in [-0.3, -0.25) is 4.79 Å². The number of morpholine rings is 1. The lowest BCUT2D eigenvalue weighted by Gasteiger charge is -2.26. The van der Waals surface area contributed by atoms with Crippen molar-refractivity contribution in [2.24, 2.45) is 0 Å². The molecular formula is C17H15BrN4O2. The SMILES string of the molecule is O=C(c1ccc(-c2ccc3ncc(Br)n3n2)cc1)N1CCOCC1. The number of carbonyl (C=O) groups is 1. The van der Waals surface area contributed by atoms with Crippen molar-refractivity contribution in [2.75, 3.05) is 26.3 Å². The van der Waals surface area contributed by atoms with Crippen LogP contribution < -0.4 is 0 Å². The molecule has 0 atom stereocenters. The van der Waals surface area contributed by atoms with Crippen molar-refractivity contribution in [1.82, 2.24) is 19.5 Å². The Bertz CT molecular complexity index is 885.